The number of unbranched alkanes of at least 4 members (excludes halogenated alkanes) is 1. The standard InChI is InChI=1S/C19H36N6OS.HI/c1-16(26-5)18-22-17(15-27-18)14-24(4)19(20-2)21-8-6-7-9-25-12-10-23(3)11-13-25;/h15-16H,6-14H2,1-5H3,(H,20,21);1H. The van der Waals surface area contributed by atoms with E-state index < -0.39 is 0 Å². The van der Waals surface area contributed by atoms with Gasteiger partial charge in [0.25, 0.3) is 0 Å². The first-order chi connectivity index (χ1) is 13.0. The largest absolute Gasteiger partial charge is 0.375 e. The lowest BCUT2D eigenvalue weighted by Crippen LogP contribution is -2.44. The molecule has 1 aromatic heterocycles. The van der Waals surface area contributed by atoms with Gasteiger partial charge in [-0.3, -0.25) is 4.99 Å². The van der Waals surface area contributed by atoms with E-state index in [1.54, 1.807) is 18.4 Å². The third-order valence-corrected chi connectivity index (χ3v) is 6.08. The van der Waals surface area contributed by atoms with Crippen molar-refractivity contribution >= 4 is 41.3 Å². The highest BCUT2D eigenvalue weighted by Crippen LogP contribution is 2.20. The number of nitrogens with one attached hydrogen (secondary N) is 1. The number of aromatic nitrogens is 1. The van der Waals surface area contributed by atoms with Crippen LogP contribution in [0.15, 0.2) is 10.4 Å². The van der Waals surface area contributed by atoms with E-state index in [4.69, 9.17) is 4.74 Å². The molecular formula is C19H37IN6OS. The Morgan fingerprint density at radius 3 is 2.71 bits per heavy atom. The summed E-state index contributed by atoms with van der Waals surface area (Å²) >= 11 is 1.65. The van der Waals surface area contributed by atoms with Crippen LogP contribution < -0.4 is 5.32 Å². The van der Waals surface area contributed by atoms with Crippen molar-refractivity contribution < 1.29 is 4.74 Å². The Morgan fingerprint density at radius 1 is 1.36 bits per heavy atom. The highest BCUT2D eigenvalue weighted by atomic mass is 127. The molecule has 1 aliphatic rings. The Morgan fingerprint density at radius 2 is 2.07 bits per heavy atom. The SMILES string of the molecule is CN=C(NCCCCN1CCN(C)CC1)N(C)Cc1csc(C(C)OC)n1.I. The van der Waals surface area contributed by atoms with Gasteiger partial charge in [0.2, 0.25) is 0 Å². The molecule has 0 aromatic carbocycles. The van der Waals surface area contributed by atoms with E-state index in [-0.39, 0.29) is 30.1 Å². The number of guanidine groups is 1. The third-order valence-electron chi connectivity index (χ3n) is 5.02. The summed E-state index contributed by atoms with van der Waals surface area (Å²) in [6, 6.07) is 0. The van der Waals surface area contributed by atoms with Gasteiger partial charge in [-0.05, 0) is 33.4 Å². The first-order valence-electron chi connectivity index (χ1n) is 9.83. The summed E-state index contributed by atoms with van der Waals surface area (Å²) in [5.74, 6) is 0.920. The smallest absolute Gasteiger partial charge is 0.193 e. The maximum Gasteiger partial charge on any atom is 0.193 e. The van der Waals surface area contributed by atoms with Crippen LogP contribution in [0.3, 0.4) is 0 Å². The molecule has 0 bridgehead atoms. The predicted molar refractivity (Wildman–Crippen MR) is 129 cm³/mol. The number of rotatable bonds is 9. The minimum atomic E-state index is 0. The van der Waals surface area contributed by atoms with Gasteiger partial charge in [0.15, 0.2) is 5.96 Å². The lowest BCUT2D eigenvalue weighted by Gasteiger charge is -2.32. The molecule has 2 heterocycles. The van der Waals surface area contributed by atoms with E-state index in [0.717, 1.165) is 36.2 Å². The molecule has 162 valence electrons. The van der Waals surface area contributed by atoms with Crippen LogP contribution in [0.1, 0.15) is 36.6 Å². The maximum absolute atomic E-state index is 5.34. The van der Waals surface area contributed by atoms with Crippen LogP contribution in [0.4, 0.5) is 0 Å². The Labute approximate surface area is 191 Å². The molecule has 0 amide bonds. The Kier molecular flexibility index (Phi) is 12.5. The van der Waals surface area contributed by atoms with Crippen molar-refractivity contribution in [3.8, 4) is 0 Å². The molecule has 9 heteroatoms. The molecule has 1 fully saturated rings. The number of halogens is 1. The first-order valence-corrected chi connectivity index (χ1v) is 10.7. The Balaban J connectivity index is 0.00000392. The van der Waals surface area contributed by atoms with Crippen molar-refractivity contribution in [1.29, 1.82) is 0 Å². The highest BCUT2D eigenvalue weighted by molar-refractivity contribution is 14.0. The molecule has 1 atom stereocenters. The molecule has 0 aliphatic carbocycles. The summed E-state index contributed by atoms with van der Waals surface area (Å²) in [5, 5.41) is 6.60. The van der Waals surface area contributed by atoms with Gasteiger partial charge in [-0.1, -0.05) is 0 Å². The molecule has 1 N–H and O–H groups in total. The average molecular weight is 525 g/mol. The molecule has 0 spiro atoms. The van der Waals surface area contributed by atoms with E-state index in [1.807, 2.05) is 14.0 Å². The van der Waals surface area contributed by atoms with Crippen LogP contribution in [0, 0.1) is 0 Å². The van der Waals surface area contributed by atoms with Crippen LogP contribution in [-0.2, 0) is 11.3 Å². The van der Waals surface area contributed by atoms with Crippen LogP contribution in [0.25, 0.3) is 0 Å². The first kappa shape index (κ1) is 25.5. The number of methoxy groups -OCH3 is 1. The molecule has 1 unspecified atom stereocenters. The number of aliphatic imine (C=N–C) groups is 1. The lowest BCUT2D eigenvalue weighted by atomic mass is 10.2. The zero-order chi connectivity index (χ0) is 19.6. The van der Waals surface area contributed by atoms with Crippen LogP contribution >= 0.6 is 35.3 Å². The zero-order valence-electron chi connectivity index (χ0n) is 18.0. The molecule has 1 aromatic rings. The molecule has 1 saturated heterocycles. The van der Waals surface area contributed by atoms with Crippen LogP contribution in [0.5, 0.6) is 0 Å². The number of ether oxygens (including phenoxy) is 1. The van der Waals surface area contributed by atoms with Crippen LogP contribution in [-0.4, -0.2) is 93.2 Å². The summed E-state index contributed by atoms with van der Waals surface area (Å²) in [7, 11) is 7.81. The molecule has 7 nitrogen and oxygen atoms in total. The summed E-state index contributed by atoms with van der Waals surface area (Å²) in [4.78, 5) is 16.2. The maximum atomic E-state index is 5.34. The number of hydrogen-bond donors (Lipinski definition) is 1. The van der Waals surface area contributed by atoms with Crippen molar-refractivity contribution in [2.45, 2.75) is 32.4 Å². The number of nitrogens with zero attached hydrogens (tertiary/aromatic N) is 5. The van der Waals surface area contributed by atoms with Gasteiger partial charge >= 0.3 is 0 Å². The van der Waals surface area contributed by atoms with Crippen molar-refractivity contribution in [2.75, 3.05) is 67.5 Å². The molecule has 28 heavy (non-hydrogen) atoms. The van der Waals surface area contributed by atoms with E-state index in [2.05, 4.69) is 49.5 Å². The fourth-order valence-electron chi connectivity index (χ4n) is 3.12. The van der Waals surface area contributed by atoms with E-state index in [9.17, 15) is 0 Å². The van der Waals surface area contributed by atoms with Gasteiger partial charge in [-0.15, -0.1) is 35.3 Å². The summed E-state index contributed by atoms with van der Waals surface area (Å²) in [5.41, 5.74) is 1.06. The van der Waals surface area contributed by atoms with Gasteiger partial charge in [-0.25, -0.2) is 4.98 Å². The minimum Gasteiger partial charge on any atom is -0.375 e. The molecule has 1 aliphatic heterocycles. The van der Waals surface area contributed by atoms with Crippen molar-refractivity contribution in [2.24, 2.45) is 4.99 Å². The second kappa shape index (κ2) is 13.7. The second-order valence-electron chi connectivity index (χ2n) is 7.24. The van der Waals surface area contributed by atoms with Crippen molar-refractivity contribution in [3.63, 3.8) is 0 Å². The average Bonchev–Trinajstić information content (AvgIpc) is 3.13. The zero-order valence-corrected chi connectivity index (χ0v) is 21.1. The number of thiazole rings is 1. The van der Waals surface area contributed by atoms with Crippen LogP contribution in [0.2, 0.25) is 0 Å². The summed E-state index contributed by atoms with van der Waals surface area (Å²) in [6.45, 7) is 9.70. The number of piperazine rings is 1. The van der Waals surface area contributed by atoms with Gasteiger partial charge < -0.3 is 24.8 Å². The number of likely N-dealkylation sites (N-methyl/N-ethyl adjacent to an activating group) is 1. The minimum absolute atomic E-state index is 0. The summed E-state index contributed by atoms with van der Waals surface area (Å²) in [6.07, 6.45) is 2.43. The van der Waals surface area contributed by atoms with Gasteiger partial charge in [0.05, 0.1) is 12.2 Å². The quantitative estimate of drug-likeness (QED) is 0.232. The van der Waals surface area contributed by atoms with Gasteiger partial charge in [0, 0.05) is 59.3 Å². The van der Waals surface area contributed by atoms with E-state index in [1.165, 1.54) is 39.1 Å². The number of hydrogen-bond acceptors (Lipinski definition) is 6. The van der Waals surface area contributed by atoms with Crippen molar-refractivity contribution in [3.05, 3.63) is 16.1 Å². The molecule has 2 rings (SSSR count). The monoisotopic (exact) mass is 524 g/mol. The van der Waals surface area contributed by atoms with E-state index in [0.29, 0.717) is 0 Å². The second-order valence-corrected chi connectivity index (χ2v) is 8.13. The fraction of sp³-hybridized carbons (Fsp3) is 0.789. The topological polar surface area (TPSA) is 56.2 Å². The molecule has 0 radical (unpaired) electrons. The third kappa shape index (κ3) is 8.48. The highest BCUT2D eigenvalue weighted by Gasteiger charge is 2.14. The molecule has 0 saturated carbocycles. The normalized spacial score (nSPS) is 17.2. The lowest BCUT2D eigenvalue weighted by molar-refractivity contribution is 0.119. The van der Waals surface area contributed by atoms with Gasteiger partial charge in [0.1, 0.15) is 11.1 Å². The van der Waals surface area contributed by atoms with Gasteiger partial charge in [-0.2, -0.15) is 0 Å². The predicted octanol–water partition coefficient (Wildman–Crippen LogP) is 2.50. The Hall–Kier alpha value is -0.490. The summed E-state index contributed by atoms with van der Waals surface area (Å²) < 4.78 is 5.34. The fourth-order valence-corrected chi connectivity index (χ4v) is 3.96. The molecular weight excluding hydrogens is 487 g/mol. The van der Waals surface area contributed by atoms with E-state index >= 15 is 0 Å². The van der Waals surface area contributed by atoms with Crippen molar-refractivity contribution in [1.82, 2.24) is 25.0 Å². The Bertz CT molecular complexity index is 577.